The molecule has 0 unspecified atom stereocenters. The van der Waals surface area contributed by atoms with Gasteiger partial charge in [-0.2, -0.15) is 0 Å². The van der Waals surface area contributed by atoms with Crippen molar-refractivity contribution in [1.29, 1.82) is 0 Å². The molecule has 0 heterocycles. The highest BCUT2D eigenvalue weighted by molar-refractivity contribution is 5.94. The zero-order valence-corrected chi connectivity index (χ0v) is 36.6. The molecule has 6 aliphatic rings. The Morgan fingerprint density at radius 2 is 0.968 bits per heavy atom. The zero-order chi connectivity index (χ0) is 41.4. The topological polar surface area (TPSA) is 3.24 Å². The third kappa shape index (κ3) is 6.41. The third-order valence-corrected chi connectivity index (χ3v) is 16.5. The van der Waals surface area contributed by atoms with E-state index in [0.717, 1.165) is 23.7 Å². The van der Waals surface area contributed by atoms with Gasteiger partial charge < -0.3 is 4.90 Å². The molecule has 0 radical (unpaired) electrons. The Morgan fingerprint density at radius 1 is 0.435 bits per heavy atom. The molecule has 5 fully saturated rings. The van der Waals surface area contributed by atoms with E-state index in [1.807, 2.05) is 0 Å². The molecule has 0 saturated heterocycles. The van der Waals surface area contributed by atoms with Crippen molar-refractivity contribution in [3.63, 3.8) is 0 Å². The molecule has 7 aromatic rings. The highest BCUT2D eigenvalue weighted by Crippen LogP contribution is 2.61. The summed E-state index contributed by atoms with van der Waals surface area (Å²) in [5.74, 6) is 3.52. The molecule has 5 saturated carbocycles. The lowest BCUT2D eigenvalue weighted by molar-refractivity contribution is -0.00518. The summed E-state index contributed by atoms with van der Waals surface area (Å²) in [4.78, 5) is 2.51. The molecule has 0 aromatic heterocycles. The van der Waals surface area contributed by atoms with Gasteiger partial charge in [0.15, 0.2) is 0 Å². The maximum Gasteiger partial charge on any atom is 0.0465 e. The summed E-state index contributed by atoms with van der Waals surface area (Å²) in [5.41, 5.74) is 20.2. The molecule has 1 heteroatoms. The van der Waals surface area contributed by atoms with E-state index in [-0.39, 0.29) is 5.41 Å². The van der Waals surface area contributed by atoms with E-state index in [0.29, 0.717) is 5.41 Å². The number of rotatable bonds is 8. The van der Waals surface area contributed by atoms with E-state index in [1.54, 1.807) is 5.56 Å². The van der Waals surface area contributed by atoms with Crippen LogP contribution in [0.5, 0.6) is 0 Å². The Kier molecular flexibility index (Phi) is 9.21. The number of hydrogen-bond donors (Lipinski definition) is 0. The summed E-state index contributed by atoms with van der Waals surface area (Å²) >= 11 is 0. The summed E-state index contributed by atoms with van der Waals surface area (Å²) in [7, 11) is 0. The highest BCUT2D eigenvalue weighted by Gasteiger charge is 2.51. The summed E-state index contributed by atoms with van der Waals surface area (Å²) in [6.45, 7) is 4.83. The fourth-order valence-electron chi connectivity index (χ4n) is 13.8. The first-order valence-electron chi connectivity index (χ1n) is 23.9. The number of benzene rings is 7. The van der Waals surface area contributed by atoms with Crippen molar-refractivity contribution in [2.24, 2.45) is 17.8 Å². The van der Waals surface area contributed by atoms with Crippen LogP contribution in [0.15, 0.2) is 164 Å². The van der Waals surface area contributed by atoms with Gasteiger partial charge in [-0.05, 0) is 184 Å². The lowest BCUT2D eigenvalue weighted by Crippen LogP contribution is -2.48. The van der Waals surface area contributed by atoms with Gasteiger partial charge in [0.1, 0.15) is 0 Å². The molecule has 13 rings (SSSR count). The van der Waals surface area contributed by atoms with E-state index in [2.05, 4.69) is 183 Å². The van der Waals surface area contributed by atoms with E-state index >= 15 is 0 Å². The van der Waals surface area contributed by atoms with Crippen LogP contribution in [0.25, 0.3) is 44.5 Å². The fraction of sp³-hybridized carbons (Fsp3) is 0.311. The molecule has 4 bridgehead atoms. The van der Waals surface area contributed by atoms with Crippen molar-refractivity contribution in [3.8, 4) is 44.5 Å². The Balaban J connectivity index is 0.928. The molecule has 0 aliphatic heterocycles. The maximum atomic E-state index is 2.51. The van der Waals surface area contributed by atoms with Gasteiger partial charge in [-0.3, -0.25) is 0 Å². The molecule has 308 valence electrons. The van der Waals surface area contributed by atoms with Gasteiger partial charge in [0.05, 0.1) is 0 Å². The Hall–Kier alpha value is -5.66. The summed E-state index contributed by atoms with van der Waals surface area (Å²) in [5, 5.41) is 0. The zero-order valence-electron chi connectivity index (χ0n) is 36.6. The minimum Gasteiger partial charge on any atom is -0.310 e. The number of fused-ring (bicyclic) bond motifs is 3. The molecule has 0 N–H and O–H groups in total. The SMILES string of the molecule is CC1(C)c2cc(N(c3ccc(-c4ccccc4-c4ccc(C5CCCCC5)cc4)cc3)c3ccc(C45CC6CC(CC(C6)C4)C5)cc3)ccc2-c2c(-c3ccccc3)cccc21. The summed E-state index contributed by atoms with van der Waals surface area (Å²) in [6, 6.07) is 62.9. The highest BCUT2D eigenvalue weighted by atomic mass is 15.1. The fourth-order valence-corrected chi connectivity index (χ4v) is 13.8. The van der Waals surface area contributed by atoms with Crippen molar-refractivity contribution in [3.05, 3.63) is 186 Å². The minimum atomic E-state index is -0.137. The van der Waals surface area contributed by atoms with Crippen LogP contribution in [0.3, 0.4) is 0 Å². The Bertz CT molecular complexity index is 2710. The number of nitrogens with zero attached hydrogens (tertiary/aromatic N) is 1. The monoisotopic (exact) mass is 805 g/mol. The standard InChI is InChI=1S/C61H59N/c1-60(2)57-19-11-18-55(46-14-7-4-8-15-46)59(57)56-33-32-52(37-58(56)60)62(51-30-26-49(27-31-51)61-38-41-34-42(39-61)36-43(35-41)40-61)50-28-24-48(25-29-50)54-17-10-9-16-53(54)47-22-20-45(21-23-47)44-12-5-3-6-13-44/h4,7-11,14-33,37,41-44H,3,5-6,12-13,34-36,38-40H2,1-2H3. The quantitative estimate of drug-likeness (QED) is 0.148. The largest absolute Gasteiger partial charge is 0.310 e. The van der Waals surface area contributed by atoms with Crippen LogP contribution in [-0.2, 0) is 10.8 Å². The second-order valence-electron chi connectivity index (χ2n) is 20.6. The molecule has 1 nitrogen and oxygen atoms in total. The van der Waals surface area contributed by atoms with Gasteiger partial charge in [-0.25, -0.2) is 0 Å². The predicted octanol–water partition coefficient (Wildman–Crippen LogP) is 17.0. The van der Waals surface area contributed by atoms with Gasteiger partial charge in [0.2, 0.25) is 0 Å². The van der Waals surface area contributed by atoms with Crippen LogP contribution in [0.2, 0.25) is 0 Å². The maximum absolute atomic E-state index is 2.51. The molecule has 62 heavy (non-hydrogen) atoms. The number of anilines is 3. The third-order valence-electron chi connectivity index (χ3n) is 16.5. The van der Waals surface area contributed by atoms with E-state index in [4.69, 9.17) is 0 Å². The normalized spacial score (nSPS) is 23.2. The van der Waals surface area contributed by atoms with Crippen LogP contribution in [0, 0.1) is 17.8 Å². The van der Waals surface area contributed by atoms with Gasteiger partial charge in [0, 0.05) is 22.5 Å². The van der Waals surface area contributed by atoms with Crippen LogP contribution < -0.4 is 4.90 Å². The predicted molar refractivity (Wildman–Crippen MR) is 261 cm³/mol. The minimum absolute atomic E-state index is 0.137. The van der Waals surface area contributed by atoms with Gasteiger partial charge in [0.25, 0.3) is 0 Å². The van der Waals surface area contributed by atoms with Crippen molar-refractivity contribution in [2.75, 3.05) is 4.90 Å². The Labute approximate surface area is 369 Å². The first-order chi connectivity index (χ1) is 30.4. The number of hydrogen-bond acceptors (Lipinski definition) is 1. The molecule has 7 aromatic carbocycles. The van der Waals surface area contributed by atoms with Gasteiger partial charge >= 0.3 is 0 Å². The van der Waals surface area contributed by atoms with Crippen molar-refractivity contribution < 1.29 is 0 Å². The first kappa shape index (κ1) is 38.0. The Morgan fingerprint density at radius 3 is 1.60 bits per heavy atom. The molecular weight excluding hydrogens is 747 g/mol. The average Bonchev–Trinajstić information content (AvgIpc) is 3.55. The second kappa shape index (κ2) is 15.0. The first-order valence-corrected chi connectivity index (χ1v) is 23.9. The van der Waals surface area contributed by atoms with E-state index in [1.165, 1.54) is 149 Å². The van der Waals surface area contributed by atoms with Gasteiger partial charge in [-0.1, -0.05) is 161 Å². The van der Waals surface area contributed by atoms with Crippen molar-refractivity contribution in [1.82, 2.24) is 0 Å². The second-order valence-corrected chi connectivity index (χ2v) is 20.6. The molecular formula is C61H59N. The van der Waals surface area contributed by atoms with E-state index in [9.17, 15) is 0 Å². The van der Waals surface area contributed by atoms with Crippen molar-refractivity contribution >= 4 is 17.1 Å². The van der Waals surface area contributed by atoms with Crippen LogP contribution in [0.1, 0.15) is 113 Å². The molecule has 0 atom stereocenters. The van der Waals surface area contributed by atoms with E-state index < -0.39 is 0 Å². The van der Waals surface area contributed by atoms with Crippen LogP contribution in [-0.4, -0.2) is 0 Å². The van der Waals surface area contributed by atoms with Crippen LogP contribution >= 0.6 is 0 Å². The van der Waals surface area contributed by atoms with Crippen molar-refractivity contribution in [2.45, 2.75) is 101 Å². The van der Waals surface area contributed by atoms with Gasteiger partial charge in [-0.15, -0.1) is 0 Å². The lowest BCUT2D eigenvalue weighted by Gasteiger charge is -2.57. The smallest absolute Gasteiger partial charge is 0.0465 e. The van der Waals surface area contributed by atoms with Crippen LogP contribution in [0.4, 0.5) is 17.1 Å². The summed E-state index contributed by atoms with van der Waals surface area (Å²) in [6.07, 6.45) is 15.4. The summed E-state index contributed by atoms with van der Waals surface area (Å²) < 4.78 is 0. The molecule has 0 spiro atoms. The average molecular weight is 806 g/mol. The lowest BCUT2D eigenvalue weighted by atomic mass is 9.48. The molecule has 0 amide bonds. The molecule has 6 aliphatic carbocycles.